The van der Waals surface area contributed by atoms with E-state index in [9.17, 15) is 0 Å². The summed E-state index contributed by atoms with van der Waals surface area (Å²) in [5.74, 6) is 1.04. The van der Waals surface area contributed by atoms with Crippen LogP contribution in [-0.2, 0) is 13.6 Å². The lowest BCUT2D eigenvalue weighted by Gasteiger charge is -2.07. The van der Waals surface area contributed by atoms with Crippen molar-refractivity contribution < 1.29 is 0 Å². The first-order valence-electron chi connectivity index (χ1n) is 6.07. The molecular formula is C12H18IN5. The van der Waals surface area contributed by atoms with E-state index in [1.54, 1.807) is 0 Å². The van der Waals surface area contributed by atoms with Gasteiger partial charge in [0.1, 0.15) is 0 Å². The average molecular weight is 359 g/mol. The maximum atomic E-state index is 4.49. The van der Waals surface area contributed by atoms with E-state index in [-0.39, 0.29) is 0 Å². The van der Waals surface area contributed by atoms with Gasteiger partial charge in [-0.3, -0.25) is 4.68 Å². The fourth-order valence-corrected chi connectivity index (χ4v) is 2.38. The minimum atomic E-state index is 0.833. The predicted molar refractivity (Wildman–Crippen MR) is 79.8 cm³/mol. The van der Waals surface area contributed by atoms with Crippen molar-refractivity contribution in [1.29, 1.82) is 0 Å². The molecule has 2 aromatic rings. The van der Waals surface area contributed by atoms with E-state index in [0.717, 1.165) is 34.6 Å². The second-order valence-corrected chi connectivity index (χ2v) is 5.54. The molecule has 0 amide bonds. The Morgan fingerprint density at radius 1 is 1.44 bits per heavy atom. The Bertz CT molecular complexity index is 529. The second-order valence-electron chi connectivity index (χ2n) is 4.29. The number of halogens is 1. The zero-order valence-electron chi connectivity index (χ0n) is 10.9. The van der Waals surface area contributed by atoms with Gasteiger partial charge in [0.2, 0.25) is 0 Å². The summed E-state index contributed by atoms with van der Waals surface area (Å²) in [4.78, 5) is 0. The molecule has 2 heterocycles. The van der Waals surface area contributed by atoms with Crippen LogP contribution in [0.15, 0.2) is 12.4 Å². The van der Waals surface area contributed by atoms with Crippen LogP contribution in [-0.4, -0.2) is 26.1 Å². The summed E-state index contributed by atoms with van der Waals surface area (Å²) >= 11 is 2.26. The average Bonchev–Trinajstić information content (AvgIpc) is 2.84. The van der Waals surface area contributed by atoms with E-state index >= 15 is 0 Å². The van der Waals surface area contributed by atoms with Crippen molar-refractivity contribution in [2.45, 2.75) is 26.8 Å². The molecule has 0 bridgehead atoms. The molecule has 0 aliphatic rings. The quantitative estimate of drug-likeness (QED) is 0.657. The molecule has 5 nitrogen and oxygen atoms in total. The summed E-state index contributed by atoms with van der Waals surface area (Å²) in [5.41, 5.74) is 2.27. The Balaban J connectivity index is 2.33. The maximum absolute atomic E-state index is 4.49. The summed E-state index contributed by atoms with van der Waals surface area (Å²) in [7, 11) is 1.96. The minimum absolute atomic E-state index is 0.833. The van der Waals surface area contributed by atoms with Gasteiger partial charge in [-0.25, -0.2) is 4.68 Å². The van der Waals surface area contributed by atoms with Gasteiger partial charge >= 0.3 is 0 Å². The molecule has 0 radical (unpaired) electrons. The van der Waals surface area contributed by atoms with E-state index in [4.69, 9.17) is 0 Å². The molecule has 0 aliphatic heterocycles. The second kappa shape index (κ2) is 5.83. The monoisotopic (exact) mass is 359 g/mol. The molecule has 0 atom stereocenters. The van der Waals surface area contributed by atoms with Gasteiger partial charge in [-0.05, 0) is 42.5 Å². The van der Waals surface area contributed by atoms with Crippen LogP contribution < -0.4 is 5.32 Å². The normalized spacial score (nSPS) is 11.1. The Morgan fingerprint density at radius 2 is 2.22 bits per heavy atom. The smallest absolute Gasteiger partial charge is 0.156 e. The number of nitrogens with one attached hydrogen (secondary N) is 1. The molecule has 0 unspecified atom stereocenters. The van der Waals surface area contributed by atoms with Crippen molar-refractivity contribution in [2.24, 2.45) is 7.05 Å². The first-order chi connectivity index (χ1) is 8.63. The summed E-state index contributed by atoms with van der Waals surface area (Å²) in [6.07, 6.45) is 5.00. The topological polar surface area (TPSA) is 47.7 Å². The van der Waals surface area contributed by atoms with Crippen molar-refractivity contribution in [1.82, 2.24) is 24.9 Å². The lowest BCUT2D eigenvalue weighted by molar-refractivity contribution is 0.659. The van der Waals surface area contributed by atoms with Crippen LogP contribution >= 0.6 is 22.6 Å². The van der Waals surface area contributed by atoms with Crippen molar-refractivity contribution in [3.8, 4) is 5.82 Å². The Hall–Kier alpha value is -0.890. The molecule has 0 fully saturated rings. The van der Waals surface area contributed by atoms with E-state index in [0.29, 0.717) is 0 Å². The van der Waals surface area contributed by atoms with Crippen LogP contribution in [0.5, 0.6) is 0 Å². The fraction of sp³-hybridized carbons (Fsp3) is 0.500. The van der Waals surface area contributed by atoms with Crippen molar-refractivity contribution in [3.63, 3.8) is 0 Å². The van der Waals surface area contributed by atoms with E-state index in [1.807, 2.05) is 35.7 Å². The van der Waals surface area contributed by atoms with Crippen LogP contribution in [0.3, 0.4) is 0 Å². The summed E-state index contributed by atoms with van der Waals surface area (Å²) in [6.45, 7) is 6.06. The molecule has 0 spiro atoms. The van der Waals surface area contributed by atoms with Crippen molar-refractivity contribution in [2.75, 3.05) is 6.54 Å². The highest BCUT2D eigenvalue weighted by molar-refractivity contribution is 14.1. The highest BCUT2D eigenvalue weighted by atomic mass is 127. The maximum Gasteiger partial charge on any atom is 0.156 e. The van der Waals surface area contributed by atoms with Gasteiger partial charge in [-0.2, -0.15) is 10.2 Å². The molecular weight excluding hydrogens is 341 g/mol. The Kier molecular flexibility index (Phi) is 4.39. The third-order valence-electron chi connectivity index (χ3n) is 2.81. The number of nitrogens with zero attached hydrogens (tertiary/aromatic N) is 4. The van der Waals surface area contributed by atoms with E-state index < -0.39 is 0 Å². The number of hydrogen-bond acceptors (Lipinski definition) is 3. The van der Waals surface area contributed by atoms with Gasteiger partial charge in [0.25, 0.3) is 0 Å². The molecule has 6 heteroatoms. The first kappa shape index (κ1) is 13.5. The van der Waals surface area contributed by atoms with Crippen LogP contribution in [0.1, 0.15) is 24.6 Å². The standard InChI is InChI=1S/C12H18IN5/c1-4-5-14-7-11-9(2)16-17(3)12(11)18-8-10(13)6-15-18/h6,8,14H,4-5,7H2,1-3H3. The van der Waals surface area contributed by atoms with Crippen molar-refractivity contribution in [3.05, 3.63) is 27.2 Å². The molecule has 2 rings (SSSR count). The third-order valence-corrected chi connectivity index (χ3v) is 3.37. The largest absolute Gasteiger partial charge is 0.312 e. The molecule has 18 heavy (non-hydrogen) atoms. The van der Waals surface area contributed by atoms with Crippen molar-refractivity contribution >= 4 is 22.6 Å². The highest BCUT2D eigenvalue weighted by Gasteiger charge is 2.15. The van der Waals surface area contributed by atoms with Crippen LogP contribution in [0.2, 0.25) is 0 Å². The number of hydrogen-bond donors (Lipinski definition) is 1. The van der Waals surface area contributed by atoms with Crippen LogP contribution in [0.25, 0.3) is 5.82 Å². The number of rotatable bonds is 5. The number of aryl methyl sites for hydroxylation is 2. The Labute approximate surface area is 121 Å². The SMILES string of the molecule is CCCNCc1c(C)nn(C)c1-n1cc(I)cn1. The molecule has 98 valence electrons. The van der Waals surface area contributed by atoms with Gasteiger partial charge in [-0.1, -0.05) is 6.92 Å². The van der Waals surface area contributed by atoms with E-state index in [1.165, 1.54) is 5.56 Å². The lowest BCUT2D eigenvalue weighted by Crippen LogP contribution is -2.16. The van der Waals surface area contributed by atoms with Gasteiger partial charge in [0, 0.05) is 25.4 Å². The van der Waals surface area contributed by atoms with Gasteiger partial charge < -0.3 is 5.32 Å². The van der Waals surface area contributed by atoms with Gasteiger partial charge in [-0.15, -0.1) is 0 Å². The van der Waals surface area contributed by atoms with E-state index in [2.05, 4.69) is 45.0 Å². The van der Waals surface area contributed by atoms with Gasteiger partial charge in [0.15, 0.2) is 5.82 Å². The molecule has 0 saturated carbocycles. The van der Waals surface area contributed by atoms with Crippen LogP contribution in [0.4, 0.5) is 0 Å². The zero-order chi connectivity index (χ0) is 13.1. The first-order valence-corrected chi connectivity index (χ1v) is 7.15. The predicted octanol–water partition coefficient (Wildman–Crippen LogP) is 2.02. The van der Waals surface area contributed by atoms with Crippen LogP contribution in [0, 0.1) is 10.5 Å². The third kappa shape index (κ3) is 2.74. The summed E-state index contributed by atoms with van der Waals surface area (Å²) in [6, 6.07) is 0. The summed E-state index contributed by atoms with van der Waals surface area (Å²) in [5, 5.41) is 12.3. The highest BCUT2D eigenvalue weighted by Crippen LogP contribution is 2.18. The molecule has 2 aromatic heterocycles. The zero-order valence-corrected chi connectivity index (χ0v) is 13.1. The minimum Gasteiger partial charge on any atom is -0.312 e. The van der Waals surface area contributed by atoms with Gasteiger partial charge in [0.05, 0.1) is 15.5 Å². The molecule has 0 aromatic carbocycles. The molecule has 0 aliphatic carbocycles. The fourth-order valence-electron chi connectivity index (χ4n) is 1.99. The molecule has 0 saturated heterocycles. The Morgan fingerprint density at radius 3 is 2.83 bits per heavy atom. The summed E-state index contributed by atoms with van der Waals surface area (Å²) < 4.78 is 4.91. The lowest BCUT2D eigenvalue weighted by atomic mass is 10.2. The number of aromatic nitrogens is 4. The molecule has 1 N–H and O–H groups in total.